The number of rotatable bonds is 8. The first-order chi connectivity index (χ1) is 12.1. The zero-order chi connectivity index (χ0) is 18.2. The van der Waals surface area contributed by atoms with Crippen molar-refractivity contribution in [3.05, 3.63) is 41.1 Å². The number of amides is 2. The summed E-state index contributed by atoms with van der Waals surface area (Å²) in [4.78, 5) is 24.5. The second-order valence-electron chi connectivity index (χ2n) is 5.59. The van der Waals surface area contributed by atoms with Crippen LogP contribution in [0.15, 0.2) is 35.5 Å². The molecular formula is C18H24N2O5. The molecule has 7 nitrogen and oxygen atoms in total. The molecule has 1 heterocycles. The molecule has 25 heavy (non-hydrogen) atoms. The van der Waals surface area contributed by atoms with E-state index in [2.05, 4.69) is 10.6 Å². The van der Waals surface area contributed by atoms with Gasteiger partial charge in [0.25, 0.3) is 0 Å². The average Bonchev–Trinajstić information content (AvgIpc) is 2.59. The first-order valence-electron chi connectivity index (χ1n) is 8.24. The monoisotopic (exact) mass is 348 g/mol. The number of carbonyl (C=O) groups excluding carboxylic acids is 2. The number of para-hydroxylation sites is 1. The van der Waals surface area contributed by atoms with E-state index in [1.165, 1.54) is 7.11 Å². The van der Waals surface area contributed by atoms with Crippen LogP contribution in [0.2, 0.25) is 0 Å². The molecule has 7 heteroatoms. The van der Waals surface area contributed by atoms with Gasteiger partial charge in [0.1, 0.15) is 12.4 Å². The molecule has 2 rings (SSSR count). The summed E-state index contributed by atoms with van der Waals surface area (Å²) in [5.41, 5.74) is 1.52. The maximum atomic E-state index is 12.5. The van der Waals surface area contributed by atoms with Gasteiger partial charge >= 0.3 is 12.0 Å². The number of hydrogen-bond acceptors (Lipinski definition) is 5. The Morgan fingerprint density at radius 2 is 1.96 bits per heavy atom. The topological polar surface area (TPSA) is 85.9 Å². The van der Waals surface area contributed by atoms with E-state index in [1.54, 1.807) is 6.92 Å². The summed E-state index contributed by atoms with van der Waals surface area (Å²) in [6.07, 6.45) is 0.855. The summed E-state index contributed by atoms with van der Waals surface area (Å²) in [7, 11) is 1.53. The highest BCUT2D eigenvalue weighted by molar-refractivity contribution is 5.95. The number of urea groups is 1. The first kappa shape index (κ1) is 18.8. The quantitative estimate of drug-likeness (QED) is 0.556. The highest BCUT2D eigenvalue weighted by Gasteiger charge is 2.33. The van der Waals surface area contributed by atoms with Crippen molar-refractivity contribution in [2.75, 3.05) is 26.9 Å². The Morgan fingerprint density at radius 1 is 1.20 bits per heavy atom. The minimum atomic E-state index is -0.642. The van der Waals surface area contributed by atoms with Crippen molar-refractivity contribution in [3.63, 3.8) is 0 Å². The second-order valence-corrected chi connectivity index (χ2v) is 5.59. The smallest absolute Gasteiger partial charge is 0.338 e. The average molecular weight is 348 g/mol. The molecule has 136 valence electrons. The normalized spacial score (nSPS) is 16.9. The zero-order valence-electron chi connectivity index (χ0n) is 14.8. The summed E-state index contributed by atoms with van der Waals surface area (Å²) in [6.45, 7) is 4.68. The number of methoxy groups -OCH3 is 1. The molecule has 0 radical (unpaired) electrons. The van der Waals surface area contributed by atoms with Gasteiger partial charge in [-0.15, -0.1) is 0 Å². The molecule has 0 fully saturated rings. The summed E-state index contributed by atoms with van der Waals surface area (Å²) < 4.78 is 15.9. The molecule has 1 aliphatic heterocycles. The standard InChI is InChI=1S/C18H24N2O5/c1-4-9-24-14-8-6-5-7-13(14)16-15(12(2)19-18(22)20-16)17(21)25-11-10-23-3/h5-8,16H,4,9-11H2,1-3H3,(H2,19,20,22)/t16-/m1/s1. The minimum absolute atomic E-state index is 0.140. The summed E-state index contributed by atoms with van der Waals surface area (Å²) in [6, 6.07) is 6.33. The van der Waals surface area contributed by atoms with Gasteiger partial charge in [-0.3, -0.25) is 0 Å². The van der Waals surface area contributed by atoms with Gasteiger partial charge in [0.2, 0.25) is 0 Å². The molecule has 1 atom stereocenters. The van der Waals surface area contributed by atoms with Gasteiger partial charge < -0.3 is 24.8 Å². The molecule has 0 saturated heterocycles. The van der Waals surface area contributed by atoms with E-state index in [1.807, 2.05) is 31.2 Å². The lowest BCUT2D eigenvalue weighted by Crippen LogP contribution is -2.45. The highest BCUT2D eigenvalue weighted by Crippen LogP contribution is 2.33. The lowest BCUT2D eigenvalue weighted by atomic mass is 9.95. The molecule has 1 aliphatic rings. The van der Waals surface area contributed by atoms with Crippen LogP contribution in [0.25, 0.3) is 0 Å². The van der Waals surface area contributed by atoms with Gasteiger partial charge in [0.05, 0.1) is 24.8 Å². The number of esters is 1. The van der Waals surface area contributed by atoms with Gasteiger partial charge in [0.15, 0.2) is 0 Å². The van der Waals surface area contributed by atoms with E-state index in [0.717, 1.165) is 6.42 Å². The molecule has 0 spiro atoms. The molecule has 0 saturated carbocycles. The number of ether oxygens (including phenoxy) is 3. The van der Waals surface area contributed by atoms with Gasteiger partial charge in [-0.2, -0.15) is 0 Å². The Balaban J connectivity index is 2.34. The first-order valence-corrected chi connectivity index (χ1v) is 8.24. The molecule has 1 aromatic carbocycles. The molecule has 1 aromatic rings. The van der Waals surface area contributed by atoms with Crippen LogP contribution in [0.4, 0.5) is 4.79 Å². The van der Waals surface area contributed by atoms with Crippen LogP contribution < -0.4 is 15.4 Å². The van der Waals surface area contributed by atoms with Crippen LogP contribution in [0.1, 0.15) is 31.9 Å². The molecule has 2 N–H and O–H groups in total. The van der Waals surface area contributed by atoms with E-state index in [-0.39, 0.29) is 12.6 Å². The lowest BCUT2D eigenvalue weighted by Gasteiger charge is -2.29. The number of hydrogen-bond donors (Lipinski definition) is 2. The van der Waals surface area contributed by atoms with Gasteiger partial charge in [-0.25, -0.2) is 9.59 Å². The number of nitrogens with one attached hydrogen (secondary N) is 2. The minimum Gasteiger partial charge on any atom is -0.493 e. The SMILES string of the molecule is CCCOc1ccccc1[C@H]1NC(=O)NC(C)=C1C(=O)OCCOC. The third-order valence-electron chi connectivity index (χ3n) is 3.70. The van der Waals surface area contributed by atoms with E-state index in [0.29, 0.717) is 35.8 Å². The zero-order valence-corrected chi connectivity index (χ0v) is 14.8. The van der Waals surface area contributed by atoms with E-state index >= 15 is 0 Å². The summed E-state index contributed by atoms with van der Waals surface area (Å²) in [5, 5.41) is 5.40. The summed E-state index contributed by atoms with van der Waals surface area (Å²) in [5.74, 6) is 0.129. The Bertz CT molecular complexity index is 657. The Kier molecular flexibility index (Phi) is 6.82. The van der Waals surface area contributed by atoms with Crippen LogP contribution in [0.3, 0.4) is 0 Å². The van der Waals surface area contributed by atoms with Crippen molar-refractivity contribution >= 4 is 12.0 Å². The molecular weight excluding hydrogens is 324 g/mol. The predicted molar refractivity (Wildman–Crippen MR) is 92.2 cm³/mol. The lowest BCUT2D eigenvalue weighted by molar-refractivity contribution is -0.140. The van der Waals surface area contributed by atoms with Crippen molar-refractivity contribution in [2.45, 2.75) is 26.3 Å². The maximum absolute atomic E-state index is 12.5. The molecule has 0 unspecified atom stereocenters. The van der Waals surface area contributed by atoms with Crippen LogP contribution in [-0.2, 0) is 14.3 Å². The van der Waals surface area contributed by atoms with Crippen molar-refractivity contribution in [3.8, 4) is 5.75 Å². The van der Waals surface area contributed by atoms with Crippen LogP contribution in [0, 0.1) is 0 Å². The van der Waals surface area contributed by atoms with Crippen molar-refractivity contribution in [2.24, 2.45) is 0 Å². The highest BCUT2D eigenvalue weighted by atomic mass is 16.6. The molecule has 2 amide bonds. The Morgan fingerprint density at radius 3 is 2.68 bits per heavy atom. The van der Waals surface area contributed by atoms with Crippen molar-refractivity contribution in [1.82, 2.24) is 10.6 Å². The largest absolute Gasteiger partial charge is 0.493 e. The number of carbonyl (C=O) groups is 2. The fraction of sp³-hybridized carbons (Fsp3) is 0.444. The molecule has 0 bridgehead atoms. The van der Waals surface area contributed by atoms with Crippen LogP contribution in [-0.4, -0.2) is 38.9 Å². The Labute approximate surface area is 147 Å². The van der Waals surface area contributed by atoms with Crippen molar-refractivity contribution in [1.29, 1.82) is 0 Å². The van der Waals surface area contributed by atoms with Gasteiger partial charge in [-0.05, 0) is 19.4 Å². The van der Waals surface area contributed by atoms with Crippen molar-refractivity contribution < 1.29 is 23.8 Å². The van der Waals surface area contributed by atoms with Crippen LogP contribution >= 0.6 is 0 Å². The maximum Gasteiger partial charge on any atom is 0.338 e. The molecule has 0 aliphatic carbocycles. The number of benzene rings is 1. The van der Waals surface area contributed by atoms with Gasteiger partial charge in [0, 0.05) is 18.4 Å². The second kappa shape index (κ2) is 9.08. The third-order valence-corrected chi connectivity index (χ3v) is 3.70. The number of allylic oxidation sites excluding steroid dienone is 1. The van der Waals surface area contributed by atoms with E-state index in [9.17, 15) is 9.59 Å². The third kappa shape index (κ3) is 4.73. The molecule has 0 aromatic heterocycles. The van der Waals surface area contributed by atoms with E-state index in [4.69, 9.17) is 14.2 Å². The van der Waals surface area contributed by atoms with E-state index < -0.39 is 12.0 Å². The van der Waals surface area contributed by atoms with Gasteiger partial charge in [-0.1, -0.05) is 25.1 Å². The fourth-order valence-electron chi connectivity index (χ4n) is 2.56. The summed E-state index contributed by atoms with van der Waals surface area (Å²) >= 11 is 0. The van der Waals surface area contributed by atoms with Crippen LogP contribution in [0.5, 0.6) is 5.75 Å². The fourth-order valence-corrected chi connectivity index (χ4v) is 2.56. The predicted octanol–water partition coefficient (Wildman–Crippen LogP) is 2.29. The Hall–Kier alpha value is -2.54.